The number of rotatable bonds is 2. The number of fused-ring (bicyclic) bond motifs is 3. The van der Waals surface area contributed by atoms with E-state index in [1.54, 1.807) is 0 Å². The van der Waals surface area contributed by atoms with Crippen molar-refractivity contribution < 1.29 is 0 Å². The van der Waals surface area contributed by atoms with Crippen LogP contribution < -0.4 is 0 Å². The fraction of sp³-hybridized carbons (Fsp3) is 0.0769. The Bertz CT molecular complexity index is 1290. The molecule has 1 aromatic heterocycles. The summed E-state index contributed by atoms with van der Waals surface area (Å²) < 4.78 is 2.39. The summed E-state index contributed by atoms with van der Waals surface area (Å²) in [5, 5.41) is 2.65. The summed E-state index contributed by atoms with van der Waals surface area (Å²) in [5.74, 6) is 0. The van der Waals surface area contributed by atoms with Gasteiger partial charge in [-0.1, -0.05) is 72.3 Å². The maximum Gasteiger partial charge on any atom is 0.0543 e. The topological polar surface area (TPSA) is 4.93 Å². The molecule has 0 aliphatic heterocycles. The summed E-state index contributed by atoms with van der Waals surface area (Å²) in [6, 6.07) is 32.8. The van der Waals surface area contributed by atoms with Crippen LogP contribution in [0.3, 0.4) is 0 Å². The Hall–Kier alpha value is -3.32. The van der Waals surface area contributed by atoms with Crippen molar-refractivity contribution in [2.24, 2.45) is 0 Å². The number of para-hydroxylation sites is 1. The lowest BCUT2D eigenvalue weighted by Gasteiger charge is -2.11. The van der Waals surface area contributed by atoms with Crippen molar-refractivity contribution in [3.05, 3.63) is 102 Å². The molecule has 0 aliphatic carbocycles. The fourth-order valence-electron chi connectivity index (χ4n) is 4.13. The summed E-state index contributed by atoms with van der Waals surface area (Å²) in [6.07, 6.45) is 0. The first-order valence-corrected chi connectivity index (χ1v) is 9.38. The first-order chi connectivity index (χ1) is 13.2. The molecule has 5 aromatic rings. The summed E-state index contributed by atoms with van der Waals surface area (Å²) in [7, 11) is 0. The van der Waals surface area contributed by atoms with Crippen LogP contribution in [0.25, 0.3) is 38.6 Å². The van der Waals surface area contributed by atoms with Crippen molar-refractivity contribution in [3.63, 3.8) is 0 Å². The van der Waals surface area contributed by atoms with Crippen LogP contribution in [0.1, 0.15) is 11.1 Å². The molecule has 0 fully saturated rings. The molecule has 5 rings (SSSR count). The highest BCUT2D eigenvalue weighted by Crippen LogP contribution is 2.34. The zero-order chi connectivity index (χ0) is 18.4. The second-order valence-corrected chi connectivity index (χ2v) is 7.24. The van der Waals surface area contributed by atoms with E-state index in [1.165, 1.54) is 49.7 Å². The third-order valence-corrected chi connectivity index (χ3v) is 5.36. The van der Waals surface area contributed by atoms with Crippen molar-refractivity contribution >= 4 is 21.8 Å². The Kier molecular flexibility index (Phi) is 3.61. The van der Waals surface area contributed by atoms with Gasteiger partial charge in [-0.25, -0.2) is 0 Å². The van der Waals surface area contributed by atoms with E-state index in [0.29, 0.717) is 0 Å². The van der Waals surface area contributed by atoms with Crippen molar-refractivity contribution in [3.8, 4) is 16.8 Å². The number of benzene rings is 4. The molecule has 1 heterocycles. The smallest absolute Gasteiger partial charge is 0.0543 e. The van der Waals surface area contributed by atoms with E-state index in [4.69, 9.17) is 0 Å². The van der Waals surface area contributed by atoms with E-state index in [0.717, 1.165) is 0 Å². The van der Waals surface area contributed by atoms with Gasteiger partial charge in [-0.2, -0.15) is 0 Å². The number of hydrogen-bond donors (Lipinski definition) is 0. The van der Waals surface area contributed by atoms with E-state index in [9.17, 15) is 0 Å². The predicted octanol–water partition coefficient (Wildman–Crippen LogP) is 7.07. The van der Waals surface area contributed by atoms with Crippen LogP contribution in [0, 0.1) is 13.8 Å². The lowest BCUT2D eigenvalue weighted by Crippen LogP contribution is -1.94. The van der Waals surface area contributed by atoms with Crippen molar-refractivity contribution in [2.45, 2.75) is 13.8 Å². The van der Waals surface area contributed by atoms with Gasteiger partial charge in [0, 0.05) is 16.5 Å². The third kappa shape index (κ3) is 2.55. The molecule has 0 amide bonds. The SMILES string of the molecule is Cc1cccc(-c2cccc(-n3c4ccccc4c4c(C)cccc43)c2)c1. The van der Waals surface area contributed by atoms with E-state index in [-0.39, 0.29) is 0 Å². The van der Waals surface area contributed by atoms with E-state index in [1.807, 2.05) is 0 Å². The number of aryl methyl sites for hydroxylation is 2. The summed E-state index contributed by atoms with van der Waals surface area (Å²) in [6.45, 7) is 4.34. The Balaban J connectivity index is 1.81. The highest BCUT2D eigenvalue weighted by atomic mass is 15.0. The van der Waals surface area contributed by atoms with Gasteiger partial charge in [-0.3, -0.25) is 0 Å². The van der Waals surface area contributed by atoms with Gasteiger partial charge in [-0.05, 0) is 54.8 Å². The predicted molar refractivity (Wildman–Crippen MR) is 116 cm³/mol. The quantitative estimate of drug-likeness (QED) is 0.322. The maximum absolute atomic E-state index is 2.39. The number of hydrogen-bond acceptors (Lipinski definition) is 0. The van der Waals surface area contributed by atoms with E-state index >= 15 is 0 Å². The van der Waals surface area contributed by atoms with E-state index in [2.05, 4.69) is 109 Å². The van der Waals surface area contributed by atoms with Crippen molar-refractivity contribution in [1.29, 1.82) is 0 Å². The van der Waals surface area contributed by atoms with Gasteiger partial charge >= 0.3 is 0 Å². The Morgan fingerprint density at radius 2 is 1.30 bits per heavy atom. The lowest BCUT2D eigenvalue weighted by atomic mass is 10.0. The van der Waals surface area contributed by atoms with Crippen LogP contribution in [-0.4, -0.2) is 4.57 Å². The van der Waals surface area contributed by atoms with Crippen LogP contribution in [0.15, 0.2) is 91.0 Å². The molecule has 0 atom stereocenters. The average molecular weight is 347 g/mol. The standard InChI is InChI=1S/C26H21N/c1-18-8-5-10-20(16-18)21-11-7-12-22(17-21)27-24-14-4-3-13-23(24)26-19(2)9-6-15-25(26)27/h3-17H,1-2H3. The molecule has 1 heteroatoms. The van der Waals surface area contributed by atoms with Crippen LogP contribution in [0.5, 0.6) is 0 Å². The maximum atomic E-state index is 2.39. The molecule has 27 heavy (non-hydrogen) atoms. The van der Waals surface area contributed by atoms with Crippen molar-refractivity contribution in [1.82, 2.24) is 4.57 Å². The monoisotopic (exact) mass is 347 g/mol. The molecule has 0 N–H and O–H groups in total. The normalized spacial score (nSPS) is 11.3. The largest absolute Gasteiger partial charge is 0.309 e. The number of aromatic nitrogens is 1. The Morgan fingerprint density at radius 1 is 0.593 bits per heavy atom. The first-order valence-electron chi connectivity index (χ1n) is 9.38. The van der Waals surface area contributed by atoms with Crippen LogP contribution in [-0.2, 0) is 0 Å². The Morgan fingerprint density at radius 3 is 2.15 bits per heavy atom. The van der Waals surface area contributed by atoms with Gasteiger partial charge in [0.05, 0.1) is 11.0 Å². The zero-order valence-electron chi connectivity index (χ0n) is 15.6. The second kappa shape index (κ2) is 6.14. The highest BCUT2D eigenvalue weighted by Gasteiger charge is 2.13. The van der Waals surface area contributed by atoms with Gasteiger partial charge in [0.25, 0.3) is 0 Å². The van der Waals surface area contributed by atoms with Crippen LogP contribution in [0.4, 0.5) is 0 Å². The molecule has 1 nitrogen and oxygen atoms in total. The molecule has 0 spiro atoms. The van der Waals surface area contributed by atoms with Gasteiger partial charge in [0.15, 0.2) is 0 Å². The fourth-order valence-corrected chi connectivity index (χ4v) is 4.13. The summed E-state index contributed by atoms with van der Waals surface area (Å²) in [5.41, 5.74) is 8.82. The molecular formula is C26H21N. The minimum atomic E-state index is 1.20. The van der Waals surface area contributed by atoms with Crippen LogP contribution in [0.2, 0.25) is 0 Å². The summed E-state index contributed by atoms with van der Waals surface area (Å²) >= 11 is 0. The van der Waals surface area contributed by atoms with Gasteiger partial charge < -0.3 is 4.57 Å². The second-order valence-electron chi connectivity index (χ2n) is 7.24. The molecule has 0 aliphatic rings. The van der Waals surface area contributed by atoms with Gasteiger partial charge in [0.1, 0.15) is 0 Å². The van der Waals surface area contributed by atoms with Gasteiger partial charge in [-0.15, -0.1) is 0 Å². The first kappa shape index (κ1) is 15.9. The molecule has 0 bridgehead atoms. The third-order valence-electron chi connectivity index (χ3n) is 5.36. The molecule has 0 saturated carbocycles. The molecule has 4 aromatic carbocycles. The zero-order valence-corrected chi connectivity index (χ0v) is 15.6. The molecule has 0 radical (unpaired) electrons. The minimum absolute atomic E-state index is 1.20. The van der Waals surface area contributed by atoms with Crippen LogP contribution >= 0.6 is 0 Å². The summed E-state index contributed by atoms with van der Waals surface area (Å²) in [4.78, 5) is 0. The van der Waals surface area contributed by atoms with Gasteiger partial charge in [0.2, 0.25) is 0 Å². The molecule has 0 saturated heterocycles. The molecule has 130 valence electrons. The Labute approximate surface area is 159 Å². The highest BCUT2D eigenvalue weighted by molar-refractivity contribution is 6.10. The lowest BCUT2D eigenvalue weighted by molar-refractivity contribution is 1.18. The molecule has 0 unspecified atom stereocenters. The molecular weight excluding hydrogens is 326 g/mol. The van der Waals surface area contributed by atoms with Crippen molar-refractivity contribution in [2.75, 3.05) is 0 Å². The number of nitrogens with zero attached hydrogens (tertiary/aromatic N) is 1. The minimum Gasteiger partial charge on any atom is -0.309 e. The van der Waals surface area contributed by atoms with E-state index < -0.39 is 0 Å². The average Bonchev–Trinajstić information content (AvgIpc) is 3.04.